The molecule has 0 atom stereocenters. The molecule has 0 spiro atoms. The van der Waals surface area contributed by atoms with Crippen LogP contribution < -0.4 is 5.56 Å². The van der Waals surface area contributed by atoms with Crippen LogP contribution in [0.4, 0.5) is 4.39 Å². The molecule has 0 aliphatic rings. The average Bonchev–Trinajstić information content (AvgIpc) is 3.03. The number of aromatic nitrogens is 1. The number of fused-ring (bicyclic) bond motifs is 1. The minimum atomic E-state index is -0.389. The zero-order valence-electron chi connectivity index (χ0n) is 13.1. The topological polar surface area (TPSA) is 22.0 Å². The number of hydrogen-bond acceptors (Lipinski definition) is 2. The van der Waals surface area contributed by atoms with E-state index in [4.69, 9.17) is 11.6 Å². The van der Waals surface area contributed by atoms with Crippen molar-refractivity contribution in [1.29, 1.82) is 0 Å². The number of pyridine rings is 1. The Morgan fingerprint density at radius 2 is 1.88 bits per heavy atom. The molecule has 0 aliphatic carbocycles. The van der Waals surface area contributed by atoms with Gasteiger partial charge >= 0.3 is 0 Å². The molecule has 0 unspecified atom stereocenters. The predicted molar refractivity (Wildman–Crippen MR) is 102 cm³/mol. The van der Waals surface area contributed by atoms with Crippen molar-refractivity contribution in [2.24, 2.45) is 0 Å². The van der Waals surface area contributed by atoms with Crippen molar-refractivity contribution in [2.45, 2.75) is 6.54 Å². The molecule has 25 heavy (non-hydrogen) atoms. The molecule has 0 N–H and O–H groups in total. The predicted octanol–water partition coefficient (Wildman–Crippen LogP) is 5.57. The van der Waals surface area contributed by atoms with Gasteiger partial charge in [0.2, 0.25) is 0 Å². The molecular weight excluding hydrogens is 357 g/mol. The second-order valence-corrected chi connectivity index (χ2v) is 7.26. The van der Waals surface area contributed by atoms with Crippen LogP contribution in [0.3, 0.4) is 0 Å². The van der Waals surface area contributed by atoms with Gasteiger partial charge in [-0.15, -0.1) is 11.3 Å². The Kier molecular flexibility index (Phi) is 4.15. The van der Waals surface area contributed by atoms with Crippen LogP contribution >= 0.6 is 22.9 Å². The van der Waals surface area contributed by atoms with Crippen molar-refractivity contribution in [3.05, 3.63) is 93.6 Å². The zero-order valence-corrected chi connectivity index (χ0v) is 14.7. The van der Waals surface area contributed by atoms with Gasteiger partial charge in [0.1, 0.15) is 5.82 Å². The molecule has 4 rings (SSSR count). The lowest BCUT2D eigenvalue weighted by Crippen LogP contribution is -2.19. The van der Waals surface area contributed by atoms with E-state index in [1.807, 2.05) is 24.4 Å². The molecule has 0 amide bonds. The maximum Gasteiger partial charge on any atom is 0.250 e. The second kappa shape index (κ2) is 6.47. The Morgan fingerprint density at radius 3 is 2.68 bits per heavy atom. The highest BCUT2D eigenvalue weighted by Gasteiger charge is 2.08. The SMILES string of the molecule is O=c1ccc(-c2cc3ccccc3s2)cn1Cc1ccc(F)cc1Cl. The van der Waals surface area contributed by atoms with Crippen LogP contribution in [-0.4, -0.2) is 4.57 Å². The largest absolute Gasteiger partial charge is 0.310 e. The third-order valence-electron chi connectivity index (χ3n) is 4.05. The maximum absolute atomic E-state index is 13.2. The molecule has 4 aromatic rings. The van der Waals surface area contributed by atoms with E-state index in [0.29, 0.717) is 17.1 Å². The van der Waals surface area contributed by atoms with Crippen LogP contribution in [0.1, 0.15) is 5.56 Å². The van der Waals surface area contributed by atoms with Gasteiger partial charge in [-0.2, -0.15) is 0 Å². The highest BCUT2D eigenvalue weighted by atomic mass is 35.5. The van der Waals surface area contributed by atoms with Crippen LogP contribution in [0, 0.1) is 5.82 Å². The van der Waals surface area contributed by atoms with E-state index in [9.17, 15) is 9.18 Å². The Morgan fingerprint density at radius 1 is 1.04 bits per heavy atom. The lowest BCUT2D eigenvalue weighted by atomic mass is 10.2. The number of benzene rings is 2. The summed E-state index contributed by atoms with van der Waals surface area (Å²) in [7, 11) is 0. The fourth-order valence-electron chi connectivity index (χ4n) is 2.76. The van der Waals surface area contributed by atoms with Crippen molar-refractivity contribution in [1.82, 2.24) is 4.57 Å². The lowest BCUT2D eigenvalue weighted by molar-refractivity contribution is 0.626. The van der Waals surface area contributed by atoms with Crippen molar-refractivity contribution in [3.63, 3.8) is 0 Å². The summed E-state index contributed by atoms with van der Waals surface area (Å²) in [6.45, 7) is 0.302. The molecule has 0 aliphatic heterocycles. The van der Waals surface area contributed by atoms with Crippen molar-refractivity contribution >= 4 is 33.0 Å². The van der Waals surface area contributed by atoms with Gasteiger partial charge in [0.15, 0.2) is 0 Å². The van der Waals surface area contributed by atoms with Crippen molar-refractivity contribution in [3.8, 4) is 10.4 Å². The third kappa shape index (κ3) is 3.23. The quantitative estimate of drug-likeness (QED) is 0.462. The summed E-state index contributed by atoms with van der Waals surface area (Å²) in [5, 5.41) is 1.50. The molecule has 0 saturated heterocycles. The molecule has 2 heterocycles. The van der Waals surface area contributed by atoms with Gasteiger partial charge in [-0.1, -0.05) is 35.9 Å². The Balaban J connectivity index is 1.74. The minimum absolute atomic E-state index is 0.120. The van der Waals surface area contributed by atoms with Gasteiger partial charge in [0.05, 0.1) is 6.54 Å². The normalized spacial score (nSPS) is 11.1. The Hall–Kier alpha value is -2.43. The molecule has 0 saturated carbocycles. The maximum atomic E-state index is 13.2. The molecule has 2 aromatic heterocycles. The van der Waals surface area contributed by atoms with Gasteiger partial charge in [-0.25, -0.2) is 4.39 Å². The van der Waals surface area contributed by atoms with Crippen molar-refractivity contribution in [2.75, 3.05) is 0 Å². The van der Waals surface area contributed by atoms with E-state index in [0.717, 1.165) is 10.4 Å². The van der Waals surface area contributed by atoms with Crippen LogP contribution in [0.25, 0.3) is 20.5 Å². The van der Waals surface area contributed by atoms with E-state index >= 15 is 0 Å². The van der Waals surface area contributed by atoms with E-state index in [1.165, 1.54) is 22.2 Å². The standard InChI is InChI=1S/C20H13ClFNOS/c21-17-10-16(22)7-5-14(17)11-23-12-15(6-8-20(23)24)19-9-13-3-1-2-4-18(13)25-19/h1-10,12H,11H2. The van der Waals surface area contributed by atoms with Gasteiger partial charge < -0.3 is 4.57 Å². The summed E-state index contributed by atoms with van der Waals surface area (Å²) < 4.78 is 16.0. The smallest absolute Gasteiger partial charge is 0.250 e. The van der Waals surface area contributed by atoms with E-state index < -0.39 is 0 Å². The first-order chi connectivity index (χ1) is 12.1. The first-order valence-corrected chi connectivity index (χ1v) is 8.93. The zero-order chi connectivity index (χ0) is 17.4. The molecule has 0 radical (unpaired) electrons. The fourth-order valence-corrected chi connectivity index (χ4v) is 4.04. The first kappa shape index (κ1) is 16.1. The van der Waals surface area contributed by atoms with Gasteiger partial charge in [-0.05, 0) is 41.3 Å². The number of hydrogen-bond donors (Lipinski definition) is 0. The number of halogens is 2. The monoisotopic (exact) mass is 369 g/mol. The summed E-state index contributed by atoms with van der Waals surface area (Å²) >= 11 is 7.77. The summed E-state index contributed by atoms with van der Waals surface area (Å²) in [5.74, 6) is -0.389. The molecule has 2 aromatic carbocycles. The lowest BCUT2D eigenvalue weighted by Gasteiger charge is -2.09. The number of rotatable bonds is 3. The van der Waals surface area contributed by atoms with Crippen LogP contribution in [-0.2, 0) is 6.54 Å². The Labute approximate surface area is 152 Å². The second-order valence-electron chi connectivity index (χ2n) is 5.77. The van der Waals surface area contributed by atoms with E-state index in [1.54, 1.807) is 28.0 Å². The summed E-state index contributed by atoms with van der Waals surface area (Å²) in [6, 6.07) is 17.9. The van der Waals surface area contributed by atoms with Gasteiger partial charge in [-0.3, -0.25) is 4.79 Å². The Bertz CT molecular complexity index is 1100. The molecule has 0 fully saturated rings. The third-order valence-corrected chi connectivity index (χ3v) is 5.57. The number of nitrogens with zero attached hydrogens (tertiary/aromatic N) is 1. The first-order valence-electron chi connectivity index (χ1n) is 7.73. The van der Waals surface area contributed by atoms with Crippen LogP contribution in [0.15, 0.2) is 71.7 Å². The van der Waals surface area contributed by atoms with Crippen LogP contribution in [0.5, 0.6) is 0 Å². The molecule has 5 heteroatoms. The number of thiophene rings is 1. The van der Waals surface area contributed by atoms with Gasteiger partial charge in [0, 0.05) is 32.4 Å². The van der Waals surface area contributed by atoms with Gasteiger partial charge in [0.25, 0.3) is 5.56 Å². The van der Waals surface area contributed by atoms with E-state index in [2.05, 4.69) is 18.2 Å². The summed E-state index contributed by atoms with van der Waals surface area (Å²) in [6.07, 6.45) is 1.83. The molecule has 2 nitrogen and oxygen atoms in total. The van der Waals surface area contributed by atoms with Crippen molar-refractivity contribution < 1.29 is 4.39 Å². The average molecular weight is 370 g/mol. The van der Waals surface area contributed by atoms with E-state index in [-0.39, 0.29) is 11.4 Å². The molecular formula is C20H13ClFNOS. The molecule has 0 bridgehead atoms. The highest BCUT2D eigenvalue weighted by Crippen LogP contribution is 2.33. The summed E-state index contributed by atoms with van der Waals surface area (Å²) in [4.78, 5) is 13.3. The van der Waals surface area contributed by atoms with Crippen LogP contribution in [0.2, 0.25) is 5.02 Å². The molecule has 124 valence electrons. The summed E-state index contributed by atoms with van der Waals surface area (Å²) in [5.41, 5.74) is 1.56. The minimum Gasteiger partial charge on any atom is -0.310 e. The fraction of sp³-hybridized carbons (Fsp3) is 0.0500. The highest BCUT2D eigenvalue weighted by molar-refractivity contribution is 7.22.